The van der Waals surface area contributed by atoms with Crippen LogP contribution in [0, 0.1) is 0 Å². The van der Waals surface area contributed by atoms with E-state index in [-0.39, 0.29) is 30.7 Å². The Hall–Kier alpha value is -2.86. The van der Waals surface area contributed by atoms with E-state index in [0.29, 0.717) is 47.0 Å². The maximum Gasteiger partial charge on any atom is 0.506 e. The summed E-state index contributed by atoms with van der Waals surface area (Å²) in [5, 5.41) is -6.66. The fourth-order valence-corrected chi connectivity index (χ4v) is 11.4. The van der Waals surface area contributed by atoms with Crippen LogP contribution < -0.4 is 0 Å². The molecule has 1 aromatic rings. The Morgan fingerprint density at radius 3 is 0.750 bits per heavy atom. The molecule has 2 fully saturated rings. The van der Waals surface area contributed by atoms with Crippen molar-refractivity contribution < 1.29 is 71.9 Å². The molecule has 262 valence electrons. The molecule has 8 nitrogen and oxygen atoms in total. The zero-order chi connectivity index (χ0) is 36.4. The van der Waals surface area contributed by atoms with E-state index in [4.69, 9.17) is 0 Å². The lowest BCUT2D eigenvalue weighted by Crippen LogP contribution is -2.55. The molecule has 0 aliphatic carbocycles. The Morgan fingerprint density at radius 2 is 0.604 bits per heavy atom. The van der Waals surface area contributed by atoms with Gasteiger partial charge in [0.15, 0.2) is 0 Å². The van der Waals surface area contributed by atoms with E-state index in [9.17, 15) is 71.9 Å². The van der Waals surface area contributed by atoms with Crippen molar-refractivity contribution in [2.75, 3.05) is 0 Å². The Morgan fingerprint density at radius 1 is 0.417 bits per heavy atom. The van der Waals surface area contributed by atoms with Crippen molar-refractivity contribution in [3.05, 3.63) is 30.7 Å². The van der Waals surface area contributed by atoms with Gasteiger partial charge in [-0.05, 0) is 23.0 Å². The summed E-state index contributed by atoms with van der Waals surface area (Å²) in [5.74, 6) is -10.4. The molecule has 48 heavy (non-hydrogen) atoms. The summed E-state index contributed by atoms with van der Waals surface area (Å²) in [4.78, 5) is 51.6. The molecule has 24 heteroatoms. The van der Waals surface area contributed by atoms with Crippen LogP contribution in [0.5, 0.6) is 0 Å². The number of halogens is 12. The number of nitrogens with zero attached hydrogens (tertiary/aromatic N) is 4. The normalized spacial score (nSPS) is 19.5. The fourth-order valence-electron chi connectivity index (χ4n) is 5.00. The van der Waals surface area contributed by atoms with Gasteiger partial charge in [0.25, 0.3) is 23.6 Å². The van der Waals surface area contributed by atoms with Crippen molar-refractivity contribution in [3.63, 3.8) is 0 Å². The van der Waals surface area contributed by atoms with E-state index in [1.165, 1.54) is 0 Å². The first-order chi connectivity index (χ1) is 21.7. The van der Waals surface area contributed by atoms with Crippen LogP contribution in [0.4, 0.5) is 52.7 Å². The third-order valence-electron chi connectivity index (χ3n) is 6.72. The smallest absolute Gasteiger partial charge is 0.267 e. The van der Waals surface area contributed by atoms with Gasteiger partial charge in [-0.25, -0.2) is 0 Å². The molecule has 4 aliphatic heterocycles. The van der Waals surface area contributed by atoms with Crippen molar-refractivity contribution >= 4 is 70.7 Å². The minimum atomic E-state index is -5.95. The first-order valence-corrected chi connectivity index (χ1v) is 16.1. The van der Waals surface area contributed by atoms with Crippen molar-refractivity contribution in [3.8, 4) is 0 Å². The second-order valence-corrected chi connectivity index (χ2v) is 15.1. The lowest BCUT2D eigenvalue weighted by molar-refractivity contribution is -0.361. The minimum absolute atomic E-state index is 0.141. The molecule has 4 heterocycles. The number of rotatable bonds is 2. The van der Waals surface area contributed by atoms with Gasteiger partial charge in [-0.15, -0.1) is 72.7 Å². The van der Waals surface area contributed by atoms with Gasteiger partial charge >= 0.3 is 25.2 Å². The zero-order valence-electron chi connectivity index (χ0n) is 23.7. The summed E-state index contributed by atoms with van der Waals surface area (Å²) in [7, 11) is 0. The average molecular weight is 779 g/mol. The van der Waals surface area contributed by atoms with E-state index >= 15 is 0 Å². The predicted molar refractivity (Wildman–Crippen MR) is 144 cm³/mol. The van der Waals surface area contributed by atoms with Gasteiger partial charge < -0.3 is 0 Å². The number of thioether (sulfide) groups is 4. The van der Waals surface area contributed by atoms with E-state index in [0.717, 1.165) is 0 Å². The predicted octanol–water partition coefficient (Wildman–Crippen LogP) is 8.00. The minimum Gasteiger partial charge on any atom is -0.267 e. The summed E-state index contributed by atoms with van der Waals surface area (Å²) in [6.45, 7) is 6.23. The number of benzene rings is 1. The van der Waals surface area contributed by atoms with E-state index in [1.54, 1.807) is 27.7 Å². The van der Waals surface area contributed by atoms with Gasteiger partial charge in [0.2, 0.25) is 0 Å². The molecule has 0 aromatic heterocycles. The molecule has 0 saturated carbocycles. The number of carbonyl (C=O) groups is 4. The highest BCUT2D eigenvalue weighted by atomic mass is 32.2. The second kappa shape index (κ2) is 11.3. The van der Waals surface area contributed by atoms with Crippen LogP contribution in [-0.4, -0.2) is 68.9 Å². The molecule has 0 atom stereocenters. The van der Waals surface area contributed by atoms with Crippen LogP contribution in [0.3, 0.4) is 0 Å². The molecule has 0 N–H and O–H groups in total. The topological polar surface area (TPSA) is 81.2 Å². The summed E-state index contributed by atoms with van der Waals surface area (Å²) >= 11 is 1.95. The van der Waals surface area contributed by atoms with Gasteiger partial charge in [0.05, 0.1) is 8.47 Å². The van der Waals surface area contributed by atoms with Gasteiger partial charge in [-0.1, -0.05) is 74.7 Å². The molecule has 0 bridgehead atoms. The third kappa shape index (κ3) is 5.58. The van der Waals surface area contributed by atoms with Gasteiger partial charge in [0.1, 0.15) is 11.1 Å². The second-order valence-electron chi connectivity index (χ2n) is 10.5. The van der Waals surface area contributed by atoms with Crippen LogP contribution in [0.25, 0.3) is 0 Å². The number of alkyl halides is 12. The Labute approximate surface area is 277 Å². The van der Waals surface area contributed by atoms with Crippen molar-refractivity contribution in [2.24, 2.45) is 0 Å². The molecule has 0 spiro atoms. The number of carbonyl (C=O) groups excluding carboxylic acids is 4. The molecule has 1 aromatic carbocycles. The third-order valence-corrected chi connectivity index (χ3v) is 12.0. The van der Waals surface area contributed by atoms with E-state index < -0.39 is 100 Å². The molecule has 4 aliphatic rings. The quantitative estimate of drug-likeness (QED) is 0.129. The maximum absolute atomic E-state index is 13.6. The number of amides is 4. The Balaban J connectivity index is 1.68. The molecule has 0 radical (unpaired) electrons. The standard InChI is InChI=1S/C24H14F12N4O4S4/c1-5(2)7-11-13(47-19(45-11)9-15(41)37(21(25,26)27)38(16(9)42)22(28,29)30)8(6(3)4)14-12(7)46-20(48-14)10-17(43)39(23(31,32)33)40(18(10)44)24(34,35)36/h5-6H,1-4H3. The van der Waals surface area contributed by atoms with Gasteiger partial charge in [0, 0.05) is 19.6 Å². The zero-order valence-corrected chi connectivity index (χ0v) is 27.0. The summed E-state index contributed by atoms with van der Waals surface area (Å²) in [6.07, 6.45) is -23.8. The Kier molecular flexibility index (Phi) is 8.60. The summed E-state index contributed by atoms with van der Waals surface area (Å²) in [6, 6.07) is 0. The fraction of sp³-hybridized carbons (Fsp3) is 0.417. The average Bonchev–Trinajstić information content (AvgIpc) is 3.61. The first-order valence-electron chi connectivity index (χ1n) is 12.8. The van der Waals surface area contributed by atoms with Crippen LogP contribution in [0.15, 0.2) is 39.2 Å². The van der Waals surface area contributed by atoms with E-state index in [2.05, 4.69) is 0 Å². The number of fused-ring (bicyclic) bond motifs is 2. The SMILES string of the molecule is CC(C)c1c2c(c(C(C)C)c3c1SC(=C1C(=O)N(C(F)(F)F)N(C(F)(F)F)C1=O)S3)SC(=C1C(=O)N(C(F)(F)F)N(C(F)(F)F)C1=O)S2. The monoisotopic (exact) mass is 778 g/mol. The lowest BCUT2D eigenvalue weighted by Gasteiger charge is -2.29. The highest BCUT2D eigenvalue weighted by Crippen LogP contribution is 2.66. The maximum atomic E-state index is 13.6. The summed E-state index contributed by atoms with van der Waals surface area (Å²) in [5.41, 5.74) is -2.38. The first kappa shape index (κ1) is 36.4. The van der Waals surface area contributed by atoms with Crippen molar-refractivity contribution in [1.82, 2.24) is 20.0 Å². The molecule has 5 rings (SSSR count). The lowest BCUT2D eigenvalue weighted by atomic mass is 9.96. The van der Waals surface area contributed by atoms with Crippen LogP contribution >= 0.6 is 47.0 Å². The number of hydrogen-bond acceptors (Lipinski definition) is 8. The Bertz CT molecular complexity index is 1510. The van der Waals surface area contributed by atoms with Crippen molar-refractivity contribution in [1.29, 1.82) is 0 Å². The molecule has 2 saturated heterocycles. The highest BCUT2D eigenvalue weighted by molar-refractivity contribution is 8.25. The van der Waals surface area contributed by atoms with Crippen LogP contribution in [0.1, 0.15) is 50.7 Å². The number of hydrogen-bond donors (Lipinski definition) is 0. The largest absolute Gasteiger partial charge is 0.506 e. The van der Waals surface area contributed by atoms with Crippen LogP contribution in [0.2, 0.25) is 0 Å². The van der Waals surface area contributed by atoms with Gasteiger partial charge in [-0.2, -0.15) is 0 Å². The highest BCUT2D eigenvalue weighted by Gasteiger charge is 2.65. The number of hydrazine groups is 2. The molecule has 4 amide bonds. The van der Waals surface area contributed by atoms with Crippen LogP contribution in [-0.2, 0) is 19.2 Å². The van der Waals surface area contributed by atoms with Gasteiger partial charge in [-0.3, -0.25) is 19.2 Å². The molecular formula is C24H14F12N4O4S4. The van der Waals surface area contributed by atoms with E-state index in [1.807, 2.05) is 0 Å². The van der Waals surface area contributed by atoms with Crippen molar-refractivity contribution in [2.45, 2.75) is 84.3 Å². The molecule has 0 unspecified atom stereocenters. The molecular weight excluding hydrogens is 765 g/mol. The summed E-state index contributed by atoms with van der Waals surface area (Å²) < 4.78 is 162.